The Labute approximate surface area is 99.1 Å². The summed E-state index contributed by atoms with van der Waals surface area (Å²) in [4.78, 5) is 11.2. The Kier molecular flexibility index (Phi) is 6.78. The average molecular weight is 238 g/mol. The predicted octanol–water partition coefficient (Wildman–Crippen LogP) is 0.773. The number of carbonyl (C=O) groups excluding carboxylic acids is 1. The molecule has 0 heterocycles. The quantitative estimate of drug-likeness (QED) is 0.184. The lowest BCUT2D eigenvalue weighted by molar-refractivity contribution is -0.138. The zero-order valence-corrected chi connectivity index (χ0v) is 9.89. The van der Waals surface area contributed by atoms with Crippen molar-refractivity contribution in [3.8, 4) is 6.07 Å². The van der Waals surface area contributed by atoms with Crippen LogP contribution in [0, 0.1) is 11.3 Å². The van der Waals surface area contributed by atoms with Gasteiger partial charge in [-0.15, -0.1) is 0 Å². The van der Waals surface area contributed by atoms with E-state index >= 15 is 0 Å². The van der Waals surface area contributed by atoms with Crippen LogP contribution < -0.4 is 5.43 Å². The highest BCUT2D eigenvalue weighted by Gasteiger charge is 2.08. The van der Waals surface area contributed by atoms with E-state index in [9.17, 15) is 4.79 Å². The van der Waals surface area contributed by atoms with Crippen molar-refractivity contribution in [1.82, 2.24) is 5.43 Å². The highest BCUT2D eigenvalue weighted by atomic mass is 16.5. The highest BCUT2D eigenvalue weighted by Crippen LogP contribution is 1.94. The molecule has 0 saturated carbocycles. The maximum atomic E-state index is 11.2. The van der Waals surface area contributed by atoms with Crippen molar-refractivity contribution >= 4 is 17.4 Å². The third-order valence-electron chi connectivity index (χ3n) is 1.73. The van der Waals surface area contributed by atoms with Gasteiger partial charge in [0.15, 0.2) is 5.57 Å². The van der Waals surface area contributed by atoms with E-state index in [0.717, 1.165) is 6.20 Å². The van der Waals surface area contributed by atoms with Gasteiger partial charge in [-0.05, 0) is 20.8 Å². The fourth-order valence-electron chi connectivity index (χ4n) is 0.693. The molecular formula is C10H14N4O3. The second kappa shape index (κ2) is 7.87. The van der Waals surface area contributed by atoms with Gasteiger partial charge in [0.05, 0.1) is 18.0 Å². The number of carbonyl (C=O) groups is 1. The van der Waals surface area contributed by atoms with Crippen molar-refractivity contribution in [2.24, 2.45) is 10.3 Å². The molecule has 0 spiro atoms. The standard InChI is InChI=1S/C10H14N4O3/c1-4-17-10(15)9(5-11)6-12-13-7(2)8(3)14-16/h6,12,16H,4H2,1-3H3/b9-6+,13-7+,14-8+. The molecule has 0 bridgehead atoms. The van der Waals surface area contributed by atoms with Crippen LogP contribution in [0.25, 0.3) is 0 Å². The molecule has 2 N–H and O–H groups in total. The molecule has 17 heavy (non-hydrogen) atoms. The molecule has 0 aliphatic carbocycles. The number of ether oxygens (including phenoxy) is 1. The molecule has 0 rings (SSSR count). The van der Waals surface area contributed by atoms with Gasteiger partial charge in [0.2, 0.25) is 0 Å². The fourth-order valence-corrected chi connectivity index (χ4v) is 0.693. The predicted molar refractivity (Wildman–Crippen MR) is 61.5 cm³/mol. The van der Waals surface area contributed by atoms with Crippen molar-refractivity contribution in [3.63, 3.8) is 0 Å². The second-order valence-electron chi connectivity index (χ2n) is 2.90. The summed E-state index contributed by atoms with van der Waals surface area (Å²) in [7, 11) is 0. The van der Waals surface area contributed by atoms with E-state index in [-0.39, 0.29) is 12.2 Å². The van der Waals surface area contributed by atoms with Gasteiger partial charge in [-0.3, -0.25) is 5.43 Å². The van der Waals surface area contributed by atoms with E-state index in [1.165, 1.54) is 0 Å². The van der Waals surface area contributed by atoms with Gasteiger partial charge in [0.1, 0.15) is 6.07 Å². The van der Waals surface area contributed by atoms with Gasteiger partial charge in [0, 0.05) is 6.20 Å². The molecule has 0 atom stereocenters. The molecule has 92 valence electrons. The summed E-state index contributed by atoms with van der Waals surface area (Å²) in [6, 6.07) is 1.68. The molecule has 0 aromatic heterocycles. The number of nitrogens with one attached hydrogen (secondary N) is 1. The normalized spacial score (nSPS) is 12.9. The molecule has 0 aromatic carbocycles. The smallest absolute Gasteiger partial charge is 0.350 e. The van der Waals surface area contributed by atoms with Crippen LogP contribution in [0.1, 0.15) is 20.8 Å². The number of nitriles is 1. The molecule has 0 aliphatic rings. The van der Waals surface area contributed by atoms with E-state index < -0.39 is 5.97 Å². The van der Waals surface area contributed by atoms with E-state index in [4.69, 9.17) is 10.5 Å². The topological polar surface area (TPSA) is 107 Å². The first-order valence-electron chi connectivity index (χ1n) is 4.83. The highest BCUT2D eigenvalue weighted by molar-refractivity contribution is 6.40. The Balaban J connectivity index is 4.61. The summed E-state index contributed by atoms with van der Waals surface area (Å²) in [5.41, 5.74) is 2.95. The van der Waals surface area contributed by atoms with Crippen LogP contribution in [0.15, 0.2) is 22.0 Å². The molecule has 7 nitrogen and oxygen atoms in total. The second-order valence-corrected chi connectivity index (χ2v) is 2.90. The Bertz CT molecular complexity index is 404. The molecule has 0 radical (unpaired) electrons. The summed E-state index contributed by atoms with van der Waals surface area (Å²) in [6.07, 6.45) is 1.12. The minimum Gasteiger partial charge on any atom is -0.462 e. The first-order chi connectivity index (χ1) is 8.06. The number of rotatable bonds is 5. The third-order valence-corrected chi connectivity index (χ3v) is 1.73. The number of esters is 1. The number of nitrogens with zero attached hydrogens (tertiary/aromatic N) is 3. The van der Waals surface area contributed by atoms with Crippen LogP contribution in [0.4, 0.5) is 0 Å². The monoisotopic (exact) mass is 238 g/mol. The number of hydrogen-bond acceptors (Lipinski definition) is 7. The number of hydrogen-bond donors (Lipinski definition) is 2. The zero-order valence-electron chi connectivity index (χ0n) is 9.89. The van der Waals surface area contributed by atoms with Crippen LogP contribution in [0.5, 0.6) is 0 Å². The van der Waals surface area contributed by atoms with Crippen molar-refractivity contribution in [2.45, 2.75) is 20.8 Å². The van der Waals surface area contributed by atoms with Crippen LogP contribution >= 0.6 is 0 Å². The maximum Gasteiger partial charge on any atom is 0.350 e. The maximum absolute atomic E-state index is 11.2. The summed E-state index contributed by atoms with van der Waals surface area (Å²) in [5.74, 6) is -0.720. The van der Waals surface area contributed by atoms with E-state index in [1.807, 2.05) is 0 Å². The minimum absolute atomic E-state index is 0.191. The zero-order chi connectivity index (χ0) is 13.3. The first kappa shape index (κ1) is 14.6. The van der Waals surface area contributed by atoms with Crippen molar-refractivity contribution in [1.29, 1.82) is 5.26 Å². The Morgan fingerprint density at radius 1 is 1.53 bits per heavy atom. The van der Waals surface area contributed by atoms with Crippen LogP contribution in [-0.2, 0) is 9.53 Å². The van der Waals surface area contributed by atoms with E-state index in [1.54, 1.807) is 26.8 Å². The van der Waals surface area contributed by atoms with Crippen molar-refractivity contribution in [3.05, 3.63) is 11.8 Å². The van der Waals surface area contributed by atoms with Crippen LogP contribution in [0.2, 0.25) is 0 Å². The molecule has 0 aromatic rings. The SMILES string of the molecule is CCOC(=O)/C(C#N)=C/N/N=C(C)/C(C)=N/O. The minimum atomic E-state index is -0.720. The fraction of sp³-hybridized carbons (Fsp3) is 0.400. The van der Waals surface area contributed by atoms with Crippen molar-refractivity contribution in [2.75, 3.05) is 6.61 Å². The lowest BCUT2D eigenvalue weighted by Crippen LogP contribution is -2.13. The molecule has 0 fully saturated rings. The van der Waals surface area contributed by atoms with Gasteiger partial charge >= 0.3 is 5.97 Å². The Hall–Kier alpha value is -2.36. The molecule has 0 saturated heterocycles. The van der Waals surface area contributed by atoms with Crippen LogP contribution in [0.3, 0.4) is 0 Å². The number of oxime groups is 1. The largest absolute Gasteiger partial charge is 0.462 e. The Morgan fingerprint density at radius 2 is 2.18 bits per heavy atom. The van der Waals surface area contributed by atoms with Gasteiger partial charge in [-0.1, -0.05) is 5.16 Å². The number of hydrazone groups is 1. The first-order valence-corrected chi connectivity index (χ1v) is 4.83. The summed E-state index contributed by atoms with van der Waals surface area (Å²) in [6.45, 7) is 4.99. The van der Waals surface area contributed by atoms with E-state index in [0.29, 0.717) is 11.4 Å². The summed E-state index contributed by atoms with van der Waals surface area (Å²) >= 11 is 0. The summed E-state index contributed by atoms with van der Waals surface area (Å²) in [5, 5.41) is 23.8. The summed E-state index contributed by atoms with van der Waals surface area (Å²) < 4.78 is 4.64. The van der Waals surface area contributed by atoms with E-state index in [2.05, 4.69) is 20.4 Å². The third kappa shape index (κ3) is 5.32. The Morgan fingerprint density at radius 3 is 2.65 bits per heavy atom. The molecule has 0 amide bonds. The van der Waals surface area contributed by atoms with Gasteiger partial charge in [-0.25, -0.2) is 4.79 Å². The van der Waals surface area contributed by atoms with Gasteiger partial charge in [-0.2, -0.15) is 10.4 Å². The molecule has 0 unspecified atom stereocenters. The lowest BCUT2D eigenvalue weighted by Gasteiger charge is -2.00. The molecular weight excluding hydrogens is 224 g/mol. The molecule has 7 heteroatoms. The molecule has 0 aliphatic heterocycles. The van der Waals surface area contributed by atoms with Gasteiger partial charge < -0.3 is 9.94 Å². The van der Waals surface area contributed by atoms with Crippen LogP contribution in [-0.4, -0.2) is 29.2 Å². The average Bonchev–Trinajstić information content (AvgIpc) is 2.33. The lowest BCUT2D eigenvalue weighted by atomic mass is 10.3. The van der Waals surface area contributed by atoms with Crippen molar-refractivity contribution < 1.29 is 14.7 Å². The van der Waals surface area contributed by atoms with Gasteiger partial charge in [0.25, 0.3) is 0 Å².